The highest BCUT2D eigenvalue weighted by atomic mass is 79.9. The zero-order valence-electron chi connectivity index (χ0n) is 13.9. The van der Waals surface area contributed by atoms with Crippen LogP contribution in [0.15, 0.2) is 53.3 Å². The van der Waals surface area contributed by atoms with Crippen molar-refractivity contribution < 1.29 is 9.53 Å². The normalized spacial score (nSPS) is 11.6. The Morgan fingerprint density at radius 2 is 2.00 bits per heavy atom. The van der Waals surface area contributed by atoms with Gasteiger partial charge in [-0.3, -0.25) is 9.78 Å². The number of hydrogen-bond donors (Lipinski definition) is 1. The van der Waals surface area contributed by atoms with E-state index in [2.05, 4.69) is 26.2 Å². The lowest BCUT2D eigenvalue weighted by Crippen LogP contribution is -2.35. The van der Waals surface area contributed by atoms with Gasteiger partial charge in [-0.25, -0.2) is 0 Å². The molecule has 1 N–H and O–H groups in total. The van der Waals surface area contributed by atoms with Crippen LogP contribution in [-0.2, 0) is 4.79 Å². The molecule has 0 aliphatic carbocycles. The van der Waals surface area contributed by atoms with Gasteiger partial charge in [-0.2, -0.15) is 0 Å². The molecule has 2 rings (SSSR count). The molecule has 0 fully saturated rings. The first-order valence-electron chi connectivity index (χ1n) is 7.85. The number of benzene rings is 1. The van der Waals surface area contributed by atoms with Gasteiger partial charge in [-0.1, -0.05) is 12.1 Å². The van der Waals surface area contributed by atoms with Crippen LogP contribution in [0.2, 0.25) is 0 Å². The minimum absolute atomic E-state index is 0.0125. The van der Waals surface area contributed by atoms with E-state index in [0.29, 0.717) is 19.5 Å². The van der Waals surface area contributed by atoms with Gasteiger partial charge >= 0.3 is 0 Å². The second kappa shape index (κ2) is 9.27. The topological polar surface area (TPSA) is 54.5 Å². The van der Waals surface area contributed by atoms with Gasteiger partial charge in [-0.05, 0) is 47.1 Å². The number of rotatable bonds is 8. The van der Waals surface area contributed by atoms with Crippen molar-refractivity contribution >= 4 is 27.5 Å². The van der Waals surface area contributed by atoms with Crippen LogP contribution < -0.4 is 15.0 Å². The highest BCUT2D eigenvalue weighted by Crippen LogP contribution is 2.24. The molecule has 0 aliphatic rings. The minimum Gasteiger partial charge on any atom is -0.488 e. The van der Waals surface area contributed by atoms with Gasteiger partial charge in [0.05, 0.1) is 11.0 Å². The molecular formula is C18H22BrN3O2. The number of amides is 1. The first-order chi connectivity index (χ1) is 11.6. The van der Waals surface area contributed by atoms with Crippen molar-refractivity contribution in [2.45, 2.75) is 19.4 Å². The summed E-state index contributed by atoms with van der Waals surface area (Å²) in [5, 5.41) is 2.91. The van der Waals surface area contributed by atoms with Gasteiger partial charge in [0.2, 0.25) is 5.91 Å². The van der Waals surface area contributed by atoms with Gasteiger partial charge in [0.25, 0.3) is 0 Å². The molecule has 6 heteroatoms. The number of carbonyl (C=O) groups excluding carboxylic acids is 1. The Morgan fingerprint density at radius 3 is 2.71 bits per heavy atom. The summed E-state index contributed by atoms with van der Waals surface area (Å²) in [6, 6.07) is 11.5. The van der Waals surface area contributed by atoms with Crippen molar-refractivity contribution in [3.8, 4) is 5.75 Å². The first-order valence-corrected chi connectivity index (χ1v) is 8.64. The summed E-state index contributed by atoms with van der Waals surface area (Å²) in [6.45, 7) is 3.05. The van der Waals surface area contributed by atoms with Crippen LogP contribution in [0.3, 0.4) is 0 Å². The number of ether oxygens (including phenoxy) is 1. The second-order valence-electron chi connectivity index (χ2n) is 5.54. The largest absolute Gasteiger partial charge is 0.488 e. The van der Waals surface area contributed by atoms with Gasteiger partial charge in [0.1, 0.15) is 11.9 Å². The van der Waals surface area contributed by atoms with Crippen molar-refractivity contribution in [3.63, 3.8) is 0 Å². The molecule has 1 aromatic carbocycles. The highest BCUT2D eigenvalue weighted by Gasteiger charge is 2.10. The van der Waals surface area contributed by atoms with E-state index in [1.165, 1.54) is 0 Å². The average molecular weight is 392 g/mol. The maximum atomic E-state index is 12.0. The van der Waals surface area contributed by atoms with E-state index in [9.17, 15) is 4.79 Å². The van der Waals surface area contributed by atoms with E-state index in [4.69, 9.17) is 4.74 Å². The SMILES string of the molecule is CC(CNC(=O)CCN(C)c1ccncc1)Oc1ccccc1Br. The number of para-hydroxylation sites is 1. The zero-order valence-corrected chi connectivity index (χ0v) is 15.5. The fourth-order valence-electron chi connectivity index (χ4n) is 2.14. The van der Waals surface area contributed by atoms with Gasteiger partial charge in [0.15, 0.2) is 0 Å². The molecule has 0 saturated heterocycles. The van der Waals surface area contributed by atoms with Crippen LogP contribution in [-0.4, -0.2) is 37.1 Å². The van der Waals surface area contributed by atoms with Crippen LogP contribution in [0.5, 0.6) is 5.75 Å². The molecule has 1 amide bonds. The van der Waals surface area contributed by atoms with Crippen LogP contribution in [0.25, 0.3) is 0 Å². The lowest BCUT2D eigenvalue weighted by Gasteiger charge is -2.19. The fourth-order valence-corrected chi connectivity index (χ4v) is 2.52. The lowest BCUT2D eigenvalue weighted by molar-refractivity contribution is -0.121. The van der Waals surface area contributed by atoms with E-state index in [1.807, 2.05) is 55.3 Å². The summed E-state index contributed by atoms with van der Waals surface area (Å²) in [5.41, 5.74) is 1.04. The standard InChI is InChI=1S/C18H22BrN3O2/c1-14(24-17-6-4-3-5-16(17)19)13-21-18(23)9-12-22(2)15-7-10-20-11-8-15/h3-8,10-11,14H,9,12-13H2,1-2H3,(H,21,23). The smallest absolute Gasteiger partial charge is 0.221 e. The maximum absolute atomic E-state index is 12.0. The van der Waals surface area contributed by atoms with Gasteiger partial charge < -0.3 is 15.0 Å². The summed E-state index contributed by atoms with van der Waals surface area (Å²) < 4.78 is 6.72. The molecule has 0 saturated carbocycles. The Kier molecular flexibility index (Phi) is 7.06. The number of anilines is 1. The zero-order chi connectivity index (χ0) is 17.4. The summed E-state index contributed by atoms with van der Waals surface area (Å²) in [4.78, 5) is 18.0. The number of nitrogens with zero attached hydrogens (tertiary/aromatic N) is 2. The summed E-state index contributed by atoms with van der Waals surface area (Å²) in [6.07, 6.45) is 3.81. The van der Waals surface area contributed by atoms with E-state index in [1.54, 1.807) is 12.4 Å². The molecule has 1 unspecified atom stereocenters. The van der Waals surface area contributed by atoms with Crippen LogP contribution >= 0.6 is 15.9 Å². The van der Waals surface area contributed by atoms with Crippen molar-refractivity contribution in [1.29, 1.82) is 0 Å². The molecule has 0 bridgehead atoms. The number of carbonyl (C=O) groups is 1. The molecule has 1 atom stereocenters. The molecular weight excluding hydrogens is 370 g/mol. The predicted molar refractivity (Wildman–Crippen MR) is 99.4 cm³/mol. The van der Waals surface area contributed by atoms with Gasteiger partial charge in [0, 0.05) is 38.1 Å². The number of halogens is 1. The third kappa shape index (κ3) is 5.85. The van der Waals surface area contributed by atoms with Crippen molar-refractivity contribution in [3.05, 3.63) is 53.3 Å². The predicted octanol–water partition coefficient (Wildman–Crippen LogP) is 3.25. The van der Waals surface area contributed by atoms with Crippen LogP contribution in [0.4, 0.5) is 5.69 Å². The molecule has 24 heavy (non-hydrogen) atoms. The quantitative estimate of drug-likeness (QED) is 0.750. The Labute approximate surface area is 151 Å². The third-order valence-corrected chi connectivity index (χ3v) is 4.18. The number of aromatic nitrogens is 1. The molecule has 1 heterocycles. The van der Waals surface area contributed by atoms with Crippen molar-refractivity contribution in [1.82, 2.24) is 10.3 Å². The van der Waals surface area contributed by atoms with Crippen molar-refractivity contribution in [2.75, 3.05) is 25.0 Å². The Hall–Kier alpha value is -2.08. The van der Waals surface area contributed by atoms with E-state index in [-0.39, 0.29) is 12.0 Å². The first kappa shape index (κ1) is 18.3. The average Bonchev–Trinajstić information content (AvgIpc) is 2.60. The minimum atomic E-state index is -0.106. The highest BCUT2D eigenvalue weighted by molar-refractivity contribution is 9.10. The lowest BCUT2D eigenvalue weighted by atomic mass is 10.3. The molecule has 0 radical (unpaired) electrons. The number of nitrogens with one attached hydrogen (secondary N) is 1. The summed E-state index contributed by atoms with van der Waals surface area (Å²) in [7, 11) is 1.96. The Balaban J connectivity index is 1.70. The molecule has 128 valence electrons. The van der Waals surface area contributed by atoms with E-state index in [0.717, 1.165) is 15.9 Å². The second-order valence-corrected chi connectivity index (χ2v) is 6.39. The number of pyridine rings is 1. The molecule has 5 nitrogen and oxygen atoms in total. The fraction of sp³-hybridized carbons (Fsp3) is 0.333. The molecule has 2 aromatic rings. The van der Waals surface area contributed by atoms with E-state index < -0.39 is 0 Å². The molecule has 0 spiro atoms. The van der Waals surface area contributed by atoms with E-state index >= 15 is 0 Å². The maximum Gasteiger partial charge on any atom is 0.221 e. The Morgan fingerprint density at radius 1 is 1.29 bits per heavy atom. The molecule has 0 aliphatic heterocycles. The third-order valence-electron chi connectivity index (χ3n) is 3.53. The monoisotopic (exact) mass is 391 g/mol. The molecule has 1 aromatic heterocycles. The summed E-state index contributed by atoms with van der Waals surface area (Å²) >= 11 is 3.45. The van der Waals surface area contributed by atoms with Crippen LogP contribution in [0, 0.1) is 0 Å². The number of hydrogen-bond acceptors (Lipinski definition) is 4. The van der Waals surface area contributed by atoms with Crippen LogP contribution in [0.1, 0.15) is 13.3 Å². The van der Waals surface area contributed by atoms with Gasteiger partial charge in [-0.15, -0.1) is 0 Å². The summed E-state index contributed by atoms with van der Waals surface area (Å²) in [5.74, 6) is 0.787. The van der Waals surface area contributed by atoms with Crippen molar-refractivity contribution in [2.24, 2.45) is 0 Å². The Bertz CT molecular complexity index is 652.